The quantitative estimate of drug-likeness (QED) is 0.824. The summed E-state index contributed by atoms with van der Waals surface area (Å²) in [5.74, 6) is 0.676. The molecule has 0 radical (unpaired) electrons. The summed E-state index contributed by atoms with van der Waals surface area (Å²) in [6.07, 6.45) is 6.89. The van der Waals surface area contributed by atoms with Gasteiger partial charge in [0.1, 0.15) is 0 Å². The Bertz CT molecular complexity index is 354. The Labute approximate surface area is 116 Å². The average Bonchev–Trinajstić information content (AvgIpc) is 2.90. The predicted molar refractivity (Wildman–Crippen MR) is 77.1 cm³/mol. The second-order valence-electron chi connectivity index (χ2n) is 5.47. The first kappa shape index (κ1) is 14.5. The molecule has 108 valence electrons. The molecule has 4 heteroatoms. The number of ether oxygens (including phenoxy) is 1. The van der Waals surface area contributed by atoms with Gasteiger partial charge in [0.05, 0.1) is 18.3 Å². The van der Waals surface area contributed by atoms with E-state index in [9.17, 15) is 0 Å². The number of rotatable bonds is 7. The third kappa shape index (κ3) is 4.32. The van der Waals surface area contributed by atoms with Gasteiger partial charge in [-0.05, 0) is 37.7 Å². The first-order valence-electron chi connectivity index (χ1n) is 7.66. The van der Waals surface area contributed by atoms with Crippen molar-refractivity contribution in [3.63, 3.8) is 0 Å². The Morgan fingerprint density at radius 1 is 1.47 bits per heavy atom. The topological polar surface area (TPSA) is 39.1 Å². The van der Waals surface area contributed by atoms with Crippen molar-refractivity contribution < 1.29 is 4.74 Å². The SMILES string of the molecule is CCC(CC)n1ccc(CNCC2CCCOC2)n1. The van der Waals surface area contributed by atoms with E-state index in [-0.39, 0.29) is 0 Å². The average molecular weight is 265 g/mol. The van der Waals surface area contributed by atoms with Crippen LogP contribution in [-0.4, -0.2) is 29.5 Å². The van der Waals surface area contributed by atoms with E-state index >= 15 is 0 Å². The highest BCUT2D eigenvalue weighted by atomic mass is 16.5. The van der Waals surface area contributed by atoms with E-state index in [0.717, 1.165) is 44.8 Å². The van der Waals surface area contributed by atoms with Crippen LogP contribution in [0.15, 0.2) is 12.3 Å². The first-order chi connectivity index (χ1) is 9.33. The summed E-state index contributed by atoms with van der Waals surface area (Å²) in [5.41, 5.74) is 1.14. The van der Waals surface area contributed by atoms with Gasteiger partial charge < -0.3 is 10.1 Å². The van der Waals surface area contributed by atoms with Crippen molar-refractivity contribution in [2.24, 2.45) is 5.92 Å². The molecular formula is C15H27N3O. The second kappa shape index (κ2) is 7.65. The van der Waals surface area contributed by atoms with Gasteiger partial charge in [-0.1, -0.05) is 13.8 Å². The van der Waals surface area contributed by atoms with E-state index in [1.165, 1.54) is 12.8 Å². The molecule has 4 nitrogen and oxygen atoms in total. The maximum Gasteiger partial charge on any atom is 0.0762 e. The molecule has 0 spiro atoms. The van der Waals surface area contributed by atoms with Crippen molar-refractivity contribution in [1.29, 1.82) is 0 Å². The van der Waals surface area contributed by atoms with Crippen molar-refractivity contribution in [3.05, 3.63) is 18.0 Å². The summed E-state index contributed by atoms with van der Waals surface area (Å²) in [7, 11) is 0. The minimum Gasteiger partial charge on any atom is -0.381 e. The van der Waals surface area contributed by atoms with Gasteiger partial charge in [-0.2, -0.15) is 5.10 Å². The summed E-state index contributed by atoms with van der Waals surface area (Å²) in [4.78, 5) is 0. The monoisotopic (exact) mass is 265 g/mol. The highest BCUT2D eigenvalue weighted by molar-refractivity contribution is 4.99. The van der Waals surface area contributed by atoms with Crippen LogP contribution in [0.2, 0.25) is 0 Å². The zero-order valence-corrected chi connectivity index (χ0v) is 12.3. The van der Waals surface area contributed by atoms with E-state index in [4.69, 9.17) is 4.74 Å². The number of nitrogens with zero attached hydrogens (tertiary/aromatic N) is 2. The molecule has 1 aromatic rings. The molecule has 0 aromatic carbocycles. The lowest BCUT2D eigenvalue weighted by atomic mass is 10.0. The van der Waals surface area contributed by atoms with Crippen LogP contribution >= 0.6 is 0 Å². The molecule has 0 bridgehead atoms. The van der Waals surface area contributed by atoms with Crippen LogP contribution in [0.25, 0.3) is 0 Å². The van der Waals surface area contributed by atoms with Crippen LogP contribution in [0.4, 0.5) is 0 Å². The van der Waals surface area contributed by atoms with E-state index in [1.807, 2.05) is 0 Å². The molecule has 1 atom stereocenters. The molecule has 1 unspecified atom stereocenters. The summed E-state index contributed by atoms with van der Waals surface area (Å²) in [6, 6.07) is 2.67. The fourth-order valence-electron chi connectivity index (χ4n) is 2.71. The molecule has 19 heavy (non-hydrogen) atoms. The standard InChI is InChI=1S/C15H27N3O/c1-3-15(4-2)18-8-7-14(17-18)11-16-10-13-6-5-9-19-12-13/h7-8,13,15-16H,3-6,9-12H2,1-2H3. The van der Waals surface area contributed by atoms with Crippen molar-refractivity contribution in [1.82, 2.24) is 15.1 Å². The third-order valence-corrected chi connectivity index (χ3v) is 3.97. The zero-order valence-electron chi connectivity index (χ0n) is 12.3. The molecule has 1 saturated heterocycles. The minimum absolute atomic E-state index is 0.542. The largest absolute Gasteiger partial charge is 0.381 e. The highest BCUT2D eigenvalue weighted by Crippen LogP contribution is 2.15. The van der Waals surface area contributed by atoms with Gasteiger partial charge in [0.25, 0.3) is 0 Å². The smallest absolute Gasteiger partial charge is 0.0762 e. The van der Waals surface area contributed by atoms with E-state index < -0.39 is 0 Å². The maximum absolute atomic E-state index is 5.49. The van der Waals surface area contributed by atoms with Gasteiger partial charge in [0.2, 0.25) is 0 Å². The Kier molecular flexibility index (Phi) is 5.86. The lowest BCUT2D eigenvalue weighted by molar-refractivity contribution is 0.0547. The predicted octanol–water partition coefficient (Wildman–Crippen LogP) is 2.76. The Morgan fingerprint density at radius 3 is 3.00 bits per heavy atom. The van der Waals surface area contributed by atoms with Crippen LogP contribution < -0.4 is 5.32 Å². The molecule has 1 aliphatic heterocycles. The van der Waals surface area contributed by atoms with Gasteiger partial charge in [-0.25, -0.2) is 0 Å². The van der Waals surface area contributed by atoms with E-state index in [2.05, 4.69) is 41.2 Å². The van der Waals surface area contributed by atoms with Crippen molar-refractivity contribution >= 4 is 0 Å². The molecule has 2 heterocycles. The van der Waals surface area contributed by atoms with Crippen molar-refractivity contribution in [2.45, 2.75) is 52.1 Å². The molecule has 1 aliphatic rings. The Hall–Kier alpha value is -0.870. The lowest BCUT2D eigenvalue weighted by Gasteiger charge is -2.22. The Morgan fingerprint density at radius 2 is 2.32 bits per heavy atom. The first-order valence-corrected chi connectivity index (χ1v) is 7.66. The van der Waals surface area contributed by atoms with E-state index in [1.54, 1.807) is 0 Å². The molecule has 0 amide bonds. The van der Waals surface area contributed by atoms with Gasteiger partial charge in [-0.3, -0.25) is 4.68 Å². The molecular weight excluding hydrogens is 238 g/mol. The van der Waals surface area contributed by atoms with Crippen LogP contribution in [0.5, 0.6) is 0 Å². The van der Waals surface area contributed by atoms with Crippen molar-refractivity contribution in [2.75, 3.05) is 19.8 Å². The van der Waals surface area contributed by atoms with Crippen LogP contribution in [0.3, 0.4) is 0 Å². The molecule has 1 fully saturated rings. The molecule has 1 aromatic heterocycles. The molecule has 0 saturated carbocycles. The number of hydrogen-bond donors (Lipinski definition) is 1. The highest BCUT2D eigenvalue weighted by Gasteiger charge is 2.13. The van der Waals surface area contributed by atoms with Gasteiger partial charge in [-0.15, -0.1) is 0 Å². The summed E-state index contributed by atoms with van der Waals surface area (Å²) < 4.78 is 7.60. The number of hydrogen-bond acceptors (Lipinski definition) is 3. The second-order valence-corrected chi connectivity index (χ2v) is 5.47. The fourth-order valence-corrected chi connectivity index (χ4v) is 2.71. The number of aromatic nitrogens is 2. The lowest BCUT2D eigenvalue weighted by Crippen LogP contribution is -2.29. The minimum atomic E-state index is 0.542. The van der Waals surface area contributed by atoms with Crippen LogP contribution in [-0.2, 0) is 11.3 Å². The maximum atomic E-state index is 5.49. The van der Waals surface area contributed by atoms with E-state index in [0.29, 0.717) is 12.0 Å². The van der Waals surface area contributed by atoms with Gasteiger partial charge in [0, 0.05) is 25.9 Å². The van der Waals surface area contributed by atoms with Gasteiger partial charge >= 0.3 is 0 Å². The summed E-state index contributed by atoms with van der Waals surface area (Å²) >= 11 is 0. The molecule has 2 rings (SSSR count). The van der Waals surface area contributed by atoms with Crippen molar-refractivity contribution in [3.8, 4) is 0 Å². The molecule has 1 N–H and O–H groups in total. The number of nitrogens with one attached hydrogen (secondary N) is 1. The summed E-state index contributed by atoms with van der Waals surface area (Å²) in [6.45, 7) is 8.20. The zero-order chi connectivity index (χ0) is 13.5. The normalized spacial score (nSPS) is 20.1. The Balaban J connectivity index is 1.73. The molecule has 0 aliphatic carbocycles. The third-order valence-electron chi connectivity index (χ3n) is 3.97. The van der Waals surface area contributed by atoms with Gasteiger partial charge in [0.15, 0.2) is 0 Å². The van der Waals surface area contributed by atoms with Crippen LogP contribution in [0.1, 0.15) is 51.3 Å². The fraction of sp³-hybridized carbons (Fsp3) is 0.800. The van der Waals surface area contributed by atoms with Crippen LogP contribution in [0, 0.1) is 5.92 Å². The summed E-state index contributed by atoms with van der Waals surface area (Å²) in [5, 5.41) is 8.16.